The van der Waals surface area contributed by atoms with Gasteiger partial charge in [0.05, 0.1) is 0 Å². The summed E-state index contributed by atoms with van der Waals surface area (Å²) in [4.78, 5) is 0. The van der Waals surface area contributed by atoms with Crippen molar-refractivity contribution in [3.63, 3.8) is 0 Å². The second kappa shape index (κ2) is 1.83. The Hall–Kier alpha value is -0.0400. The molecule has 0 aromatic rings. The highest BCUT2D eigenvalue weighted by atomic mass is 14.8. The van der Waals surface area contributed by atoms with Crippen molar-refractivity contribution in [3.8, 4) is 0 Å². The van der Waals surface area contributed by atoms with Crippen LogP contribution in [0, 0.1) is 11.8 Å². The van der Waals surface area contributed by atoms with Gasteiger partial charge in [-0.3, -0.25) is 0 Å². The van der Waals surface area contributed by atoms with Crippen LogP contribution in [0.4, 0.5) is 0 Å². The van der Waals surface area contributed by atoms with E-state index in [2.05, 4.69) is 12.2 Å². The highest BCUT2D eigenvalue weighted by Gasteiger charge is 2.30. The van der Waals surface area contributed by atoms with Gasteiger partial charge in [0, 0.05) is 0 Å². The quantitative estimate of drug-likeness (QED) is 0.541. The molecule has 0 bridgehead atoms. The largest absolute Gasteiger partial charge is 0.319 e. The summed E-state index contributed by atoms with van der Waals surface area (Å²) in [6.45, 7) is 3.53. The van der Waals surface area contributed by atoms with Gasteiger partial charge >= 0.3 is 0 Å². The third-order valence-electron chi connectivity index (χ3n) is 1.74. The molecule has 0 amide bonds. The standard InChI is InChI=1S/C6H13N/c1-5-3-6(5)4-7-2/h5-7H,3-4H2,1-2H3/t5-,6+/m1/s1. The maximum atomic E-state index is 3.16. The van der Waals surface area contributed by atoms with Gasteiger partial charge in [0.2, 0.25) is 0 Å². The Balaban J connectivity index is 1.98. The van der Waals surface area contributed by atoms with Crippen LogP contribution >= 0.6 is 0 Å². The Morgan fingerprint density at radius 3 is 2.43 bits per heavy atom. The van der Waals surface area contributed by atoms with Crippen LogP contribution in [-0.2, 0) is 0 Å². The number of hydrogen-bond acceptors (Lipinski definition) is 1. The van der Waals surface area contributed by atoms with E-state index >= 15 is 0 Å². The lowest BCUT2D eigenvalue weighted by Gasteiger charge is -1.90. The van der Waals surface area contributed by atoms with Crippen LogP contribution in [-0.4, -0.2) is 13.6 Å². The zero-order chi connectivity index (χ0) is 5.28. The van der Waals surface area contributed by atoms with E-state index in [9.17, 15) is 0 Å². The van der Waals surface area contributed by atoms with E-state index in [4.69, 9.17) is 0 Å². The second-order valence-electron chi connectivity index (χ2n) is 2.53. The molecular formula is C6H13N. The van der Waals surface area contributed by atoms with E-state index in [0.717, 1.165) is 11.8 Å². The van der Waals surface area contributed by atoms with Crippen molar-refractivity contribution in [2.75, 3.05) is 13.6 Å². The molecule has 0 aliphatic heterocycles. The van der Waals surface area contributed by atoms with Gasteiger partial charge in [-0.15, -0.1) is 0 Å². The van der Waals surface area contributed by atoms with Crippen molar-refractivity contribution >= 4 is 0 Å². The fourth-order valence-corrected chi connectivity index (χ4v) is 0.946. The van der Waals surface area contributed by atoms with Crippen LogP contribution in [0.5, 0.6) is 0 Å². The topological polar surface area (TPSA) is 12.0 Å². The van der Waals surface area contributed by atoms with Crippen LogP contribution in [0.25, 0.3) is 0 Å². The van der Waals surface area contributed by atoms with Gasteiger partial charge in [-0.1, -0.05) is 6.92 Å². The molecule has 7 heavy (non-hydrogen) atoms. The normalized spacial score (nSPS) is 38.6. The first-order valence-corrected chi connectivity index (χ1v) is 2.99. The summed E-state index contributed by atoms with van der Waals surface area (Å²) in [5.74, 6) is 2.01. The summed E-state index contributed by atoms with van der Waals surface area (Å²) in [5.41, 5.74) is 0. The zero-order valence-corrected chi connectivity index (χ0v) is 5.07. The molecule has 0 unspecified atom stereocenters. The highest BCUT2D eigenvalue weighted by molar-refractivity contribution is 4.83. The van der Waals surface area contributed by atoms with Crippen molar-refractivity contribution in [2.24, 2.45) is 11.8 Å². The van der Waals surface area contributed by atoms with Gasteiger partial charge in [0.15, 0.2) is 0 Å². The Labute approximate surface area is 45.1 Å². The summed E-state index contributed by atoms with van der Waals surface area (Å²) in [6.07, 6.45) is 1.45. The summed E-state index contributed by atoms with van der Waals surface area (Å²) in [6, 6.07) is 0. The second-order valence-corrected chi connectivity index (χ2v) is 2.53. The first-order chi connectivity index (χ1) is 3.34. The van der Waals surface area contributed by atoms with Crippen LogP contribution in [0.1, 0.15) is 13.3 Å². The number of rotatable bonds is 2. The van der Waals surface area contributed by atoms with Crippen LogP contribution < -0.4 is 5.32 Å². The highest BCUT2D eigenvalue weighted by Crippen LogP contribution is 2.36. The Kier molecular flexibility index (Phi) is 1.33. The van der Waals surface area contributed by atoms with Crippen molar-refractivity contribution < 1.29 is 0 Å². The minimum absolute atomic E-state index is 1.00. The zero-order valence-electron chi connectivity index (χ0n) is 5.07. The van der Waals surface area contributed by atoms with Crippen molar-refractivity contribution in [1.29, 1.82) is 0 Å². The molecule has 0 radical (unpaired) electrons. The lowest BCUT2D eigenvalue weighted by molar-refractivity contribution is 0.672. The molecule has 0 saturated heterocycles. The number of hydrogen-bond donors (Lipinski definition) is 1. The molecule has 1 aliphatic rings. The van der Waals surface area contributed by atoms with E-state index in [0.29, 0.717) is 0 Å². The predicted molar refractivity (Wildman–Crippen MR) is 31.2 cm³/mol. The molecule has 0 heterocycles. The lowest BCUT2D eigenvalue weighted by Crippen LogP contribution is -2.09. The smallest absolute Gasteiger partial charge is 0.00209 e. The van der Waals surface area contributed by atoms with Gasteiger partial charge in [-0.05, 0) is 31.8 Å². The Morgan fingerprint density at radius 1 is 1.71 bits per heavy atom. The average molecular weight is 99.2 g/mol. The van der Waals surface area contributed by atoms with Gasteiger partial charge in [-0.2, -0.15) is 0 Å². The van der Waals surface area contributed by atoms with Crippen molar-refractivity contribution in [1.82, 2.24) is 5.32 Å². The van der Waals surface area contributed by atoms with Gasteiger partial charge in [0.25, 0.3) is 0 Å². The average Bonchev–Trinajstić information content (AvgIpc) is 2.22. The van der Waals surface area contributed by atoms with Gasteiger partial charge in [-0.25, -0.2) is 0 Å². The molecule has 1 aliphatic carbocycles. The fourth-order valence-electron chi connectivity index (χ4n) is 0.946. The molecule has 1 nitrogen and oxygen atoms in total. The Morgan fingerprint density at radius 2 is 2.29 bits per heavy atom. The van der Waals surface area contributed by atoms with E-state index in [1.165, 1.54) is 13.0 Å². The summed E-state index contributed by atoms with van der Waals surface area (Å²) >= 11 is 0. The van der Waals surface area contributed by atoms with E-state index in [1.807, 2.05) is 7.05 Å². The first-order valence-electron chi connectivity index (χ1n) is 2.99. The van der Waals surface area contributed by atoms with E-state index in [1.54, 1.807) is 0 Å². The van der Waals surface area contributed by atoms with Crippen molar-refractivity contribution in [3.05, 3.63) is 0 Å². The minimum Gasteiger partial charge on any atom is -0.319 e. The van der Waals surface area contributed by atoms with Gasteiger partial charge in [0.1, 0.15) is 0 Å². The van der Waals surface area contributed by atoms with E-state index < -0.39 is 0 Å². The molecule has 1 rings (SSSR count). The van der Waals surface area contributed by atoms with Crippen molar-refractivity contribution in [2.45, 2.75) is 13.3 Å². The molecular weight excluding hydrogens is 86.1 g/mol. The van der Waals surface area contributed by atoms with E-state index in [-0.39, 0.29) is 0 Å². The summed E-state index contributed by atoms with van der Waals surface area (Å²) in [5, 5.41) is 3.16. The molecule has 1 heteroatoms. The summed E-state index contributed by atoms with van der Waals surface area (Å²) in [7, 11) is 2.02. The van der Waals surface area contributed by atoms with Crippen LogP contribution in [0.3, 0.4) is 0 Å². The molecule has 1 N–H and O–H groups in total. The molecule has 2 atom stereocenters. The third-order valence-corrected chi connectivity index (χ3v) is 1.74. The SMILES string of the molecule is CNC[C@@H]1C[C@H]1C. The molecule has 1 saturated carbocycles. The molecule has 42 valence electrons. The first kappa shape index (κ1) is 5.10. The Bertz CT molecular complexity index is 61.2. The monoisotopic (exact) mass is 99.1 g/mol. The minimum atomic E-state index is 1.00. The molecule has 0 aromatic carbocycles. The molecule has 1 fully saturated rings. The predicted octanol–water partition coefficient (Wildman–Crippen LogP) is 0.862. The van der Waals surface area contributed by atoms with Gasteiger partial charge < -0.3 is 5.32 Å². The number of nitrogens with one attached hydrogen (secondary N) is 1. The van der Waals surface area contributed by atoms with Crippen LogP contribution in [0.2, 0.25) is 0 Å². The van der Waals surface area contributed by atoms with Crippen LogP contribution in [0.15, 0.2) is 0 Å². The lowest BCUT2D eigenvalue weighted by atomic mass is 10.3. The fraction of sp³-hybridized carbons (Fsp3) is 1.00. The maximum Gasteiger partial charge on any atom is -0.00209 e. The summed E-state index contributed by atoms with van der Waals surface area (Å²) < 4.78 is 0. The third kappa shape index (κ3) is 1.16. The molecule has 0 spiro atoms. The molecule has 0 aromatic heterocycles. The maximum absolute atomic E-state index is 3.16.